The third-order valence-electron chi connectivity index (χ3n) is 2.26. The third-order valence-corrected chi connectivity index (χ3v) is 2.97. The molecule has 4 nitrogen and oxygen atoms in total. The Morgan fingerprint density at radius 1 is 1.35 bits per heavy atom. The van der Waals surface area contributed by atoms with E-state index < -0.39 is 0 Å². The second-order valence-electron chi connectivity index (χ2n) is 3.57. The molecule has 1 amide bonds. The van der Waals surface area contributed by atoms with Crippen molar-refractivity contribution in [3.05, 3.63) is 46.3 Å². The monoisotopic (exact) mass is 341 g/mol. The Labute approximate surface area is 113 Å². The Kier molecular flexibility index (Phi) is 4.13. The largest absolute Gasteiger partial charge is 0.326 e. The van der Waals surface area contributed by atoms with Crippen molar-refractivity contribution in [3.8, 4) is 0 Å². The van der Waals surface area contributed by atoms with Gasteiger partial charge in [0.05, 0.1) is 0 Å². The summed E-state index contributed by atoms with van der Waals surface area (Å²) in [6.45, 7) is 0.600. The highest BCUT2D eigenvalue weighted by molar-refractivity contribution is 14.1. The molecule has 0 bridgehead atoms. The fraction of sp³-hybridized carbons (Fsp3) is 0.167. The topological polar surface area (TPSA) is 46.9 Å². The number of aryl methyl sites for hydroxylation is 1. The summed E-state index contributed by atoms with van der Waals surface area (Å²) in [6.07, 6.45) is 3.98. The molecule has 0 aliphatic carbocycles. The number of amides is 1. The van der Waals surface area contributed by atoms with Crippen molar-refractivity contribution in [2.75, 3.05) is 5.32 Å². The Morgan fingerprint density at radius 3 is 2.76 bits per heavy atom. The molecule has 1 aromatic carbocycles. The van der Waals surface area contributed by atoms with Crippen molar-refractivity contribution >= 4 is 34.2 Å². The summed E-state index contributed by atoms with van der Waals surface area (Å²) in [4.78, 5) is 11.6. The summed E-state index contributed by atoms with van der Waals surface area (Å²) in [7, 11) is 0. The van der Waals surface area contributed by atoms with E-state index in [1.807, 2.05) is 36.5 Å². The number of hydrogen-bond acceptors (Lipinski definition) is 2. The molecular formula is C12H12IN3O. The zero-order chi connectivity index (χ0) is 12.1. The van der Waals surface area contributed by atoms with Crippen LogP contribution in [0, 0.1) is 3.57 Å². The van der Waals surface area contributed by atoms with Crippen LogP contribution in [0.4, 0.5) is 5.69 Å². The molecule has 0 saturated heterocycles. The van der Waals surface area contributed by atoms with Crippen LogP contribution < -0.4 is 5.32 Å². The van der Waals surface area contributed by atoms with Gasteiger partial charge >= 0.3 is 0 Å². The van der Waals surface area contributed by atoms with Crippen LogP contribution in [0.2, 0.25) is 0 Å². The fourth-order valence-corrected chi connectivity index (χ4v) is 1.77. The first-order valence-electron chi connectivity index (χ1n) is 5.27. The van der Waals surface area contributed by atoms with E-state index in [0.717, 1.165) is 9.26 Å². The maximum atomic E-state index is 11.6. The lowest BCUT2D eigenvalue weighted by Gasteiger charge is -2.05. The number of nitrogens with zero attached hydrogens (tertiary/aromatic N) is 2. The van der Waals surface area contributed by atoms with Crippen LogP contribution in [0.1, 0.15) is 6.42 Å². The molecule has 0 fully saturated rings. The Morgan fingerprint density at radius 2 is 2.12 bits per heavy atom. The molecule has 0 radical (unpaired) electrons. The number of anilines is 1. The number of halogens is 1. The Hall–Kier alpha value is -1.37. The van der Waals surface area contributed by atoms with Crippen molar-refractivity contribution < 1.29 is 4.79 Å². The van der Waals surface area contributed by atoms with Crippen LogP contribution in [0.25, 0.3) is 0 Å². The van der Waals surface area contributed by atoms with Gasteiger partial charge < -0.3 is 5.32 Å². The van der Waals surface area contributed by atoms with E-state index in [-0.39, 0.29) is 5.91 Å². The van der Waals surface area contributed by atoms with Gasteiger partial charge in [0.1, 0.15) is 0 Å². The normalized spacial score (nSPS) is 10.2. The molecule has 0 saturated carbocycles. The van der Waals surface area contributed by atoms with Gasteiger partial charge in [-0.15, -0.1) is 0 Å². The number of carbonyl (C=O) groups excluding carboxylic acids is 1. The average Bonchev–Trinajstić information content (AvgIpc) is 2.83. The summed E-state index contributed by atoms with van der Waals surface area (Å²) < 4.78 is 2.89. The molecule has 0 atom stereocenters. The highest BCUT2D eigenvalue weighted by atomic mass is 127. The average molecular weight is 341 g/mol. The molecule has 5 heteroatoms. The first kappa shape index (κ1) is 12.1. The second kappa shape index (κ2) is 5.81. The number of rotatable bonds is 4. The minimum Gasteiger partial charge on any atom is -0.326 e. The predicted octanol–water partition coefficient (Wildman–Crippen LogP) is 2.52. The van der Waals surface area contributed by atoms with Gasteiger partial charge in [-0.2, -0.15) is 5.10 Å². The van der Waals surface area contributed by atoms with E-state index in [1.165, 1.54) is 0 Å². The molecule has 0 aliphatic rings. The Balaban J connectivity index is 1.83. The van der Waals surface area contributed by atoms with Crippen molar-refractivity contribution in [1.29, 1.82) is 0 Å². The maximum Gasteiger partial charge on any atom is 0.226 e. The summed E-state index contributed by atoms with van der Waals surface area (Å²) in [5, 5.41) is 6.89. The molecule has 2 rings (SSSR count). The molecule has 1 heterocycles. The summed E-state index contributed by atoms with van der Waals surface area (Å²) in [5.74, 6) is 0.00158. The van der Waals surface area contributed by atoms with Gasteiger partial charge in [0.15, 0.2) is 0 Å². The van der Waals surface area contributed by atoms with Crippen molar-refractivity contribution in [2.24, 2.45) is 0 Å². The van der Waals surface area contributed by atoms with Crippen molar-refractivity contribution in [1.82, 2.24) is 9.78 Å². The molecule has 17 heavy (non-hydrogen) atoms. The van der Waals surface area contributed by atoms with Crippen LogP contribution in [-0.4, -0.2) is 15.7 Å². The fourth-order valence-electron chi connectivity index (χ4n) is 1.41. The molecule has 2 aromatic rings. The van der Waals surface area contributed by atoms with E-state index in [9.17, 15) is 4.79 Å². The summed E-state index contributed by atoms with van der Waals surface area (Å²) in [6, 6.07) is 9.56. The van der Waals surface area contributed by atoms with E-state index in [4.69, 9.17) is 0 Å². The van der Waals surface area contributed by atoms with E-state index in [2.05, 4.69) is 33.0 Å². The number of nitrogens with one attached hydrogen (secondary N) is 1. The molecule has 88 valence electrons. The number of carbonyl (C=O) groups is 1. The van der Waals surface area contributed by atoms with Crippen LogP contribution in [0.5, 0.6) is 0 Å². The minimum atomic E-state index is 0.00158. The summed E-state index contributed by atoms with van der Waals surface area (Å²) in [5.41, 5.74) is 0.830. The van der Waals surface area contributed by atoms with Crippen LogP contribution in [-0.2, 0) is 11.3 Å². The van der Waals surface area contributed by atoms with Gasteiger partial charge in [0.2, 0.25) is 5.91 Å². The smallest absolute Gasteiger partial charge is 0.226 e. The Bertz CT molecular complexity index is 479. The first-order chi connectivity index (χ1) is 8.24. The van der Waals surface area contributed by atoms with Gasteiger partial charge in [0, 0.05) is 34.6 Å². The lowest BCUT2D eigenvalue weighted by atomic mass is 10.3. The van der Waals surface area contributed by atoms with E-state index >= 15 is 0 Å². The molecule has 1 aromatic heterocycles. The lowest BCUT2D eigenvalue weighted by molar-refractivity contribution is -0.116. The van der Waals surface area contributed by atoms with Crippen LogP contribution >= 0.6 is 22.6 Å². The molecule has 0 unspecified atom stereocenters. The third kappa shape index (κ3) is 3.85. The number of aromatic nitrogens is 2. The molecular weight excluding hydrogens is 329 g/mol. The van der Waals surface area contributed by atoms with Crippen molar-refractivity contribution in [3.63, 3.8) is 0 Å². The minimum absolute atomic E-state index is 0.00158. The van der Waals surface area contributed by atoms with Gasteiger partial charge in [-0.1, -0.05) is 0 Å². The molecule has 0 spiro atoms. The van der Waals surface area contributed by atoms with Crippen molar-refractivity contribution in [2.45, 2.75) is 13.0 Å². The van der Waals surface area contributed by atoms with Crippen LogP contribution in [0.3, 0.4) is 0 Å². The van der Waals surface area contributed by atoms with Gasteiger partial charge in [-0.3, -0.25) is 9.48 Å². The van der Waals surface area contributed by atoms with Gasteiger partial charge in [0.25, 0.3) is 0 Å². The quantitative estimate of drug-likeness (QED) is 0.869. The van der Waals surface area contributed by atoms with E-state index in [0.29, 0.717) is 13.0 Å². The van der Waals surface area contributed by atoms with Gasteiger partial charge in [-0.05, 0) is 52.9 Å². The lowest BCUT2D eigenvalue weighted by Crippen LogP contribution is -2.14. The highest BCUT2D eigenvalue weighted by Gasteiger charge is 2.02. The summed E-state index contributed by atoms with van der Waals surface area (Å²) >= 11 is 2.23. The predicted molar refractivity (Wildman–Crippen MR) is 74.6 cm³/mol. The van der Waals surface area contributed by atoms with E-state index in [1.54, 1.807) is 10.9 Å². The highest BCUT2D eigenvalue weighted by Crippen LogP contribution is 2.11. The first-order valence-corrected chi connectivity index (χ1v) is 6.35. The second-order valence-corrected chi connectivity index (χ2v) is 4.82. The molecule has 0 aliphatic heterocycles. The zero-order valence-electron chi connectivity index (χ0n) is 9.14. The van der Waals surface area contributed by atoms with Crippen LogP contribution in [0.15, 0.2) is 42.7 Å². The maximum absolute atomic E-state index is 11.6. The van der Waals surface area contributed by atoms with Gasteiger partial charge in [-0.25, -0.2) is 0 Å². The zero-order valence-corrected chi connectivity index (χ0v) is 11.3. The number of hydrogen-bond donors (Lipinski definition) is 1. The SMILES string of the molecule is O=C(CCn1cccn1)Nc1ccc(I)cc1. The number of benzene rings is 1. The molecule has 1 N–H and O–H groups in total. The standard InChI is InChI=1S/C12H12IN3O/c13-10-2-4-11(5-3-10)15-12(17)6-9-16-8-1-7-14-16/h1-5,7-8H,6,9H2,(H,15,17).